The summed E-state index contributed by atoms with van der Waals surface area (Å²) in [4.78, 5) is 33.6. The van der Waals surface area contributed by atoms with E-state index in [9.17, 15) is 14.4 Å². The summed E-state index contributed by atoms with van der Waals surface area (Å²) in [6.07, 6.45) is 3.08. The van der Waals surface area contributed by atoms with Crippen molar-refractivity contribution in [3.05, 3.63) is 35.4 Å². The summed E-state index contributed by atoms with van der Waals surface area (Å²) in [5.74, 6) is -2.48. The Morgan fingerprint density at radius 3 is 2.30 bits per heavy atom. The number of carbonyl (C=O) groups is 3. The molecule has 0 aromatic heterocycles. The third-order valence-corrected chi connectivity index (χ3v) is 3.66. The molecule has 1 rings (SSSR count). The van der Waals surface area contributed by atoms with E-state index in [1.54, 1.807) is 12.1 Å². The molecule has 2 N–H and O–H groups in total. The van der Waals surface area contributed by atoms with Gasteiger partial charge in [0.05, 0.1) is 17.7 Å². The molecular weight excluding hydrogens is 300 g/mol. The van der Waals surface area contributed by atoms with Crippen LogP contribution in [0.3, 0.4) is 0 Å². The number of aliphatic carboxylic acids is 1. The minimum absolute atomic E-state index is 0.0423. The predicted molar refractivity (Wildman–Crippen MR) is 83.6 cm³/mol. The van der Waals surface area contributed by atoms with Crippen molar-refractivity contribution in [2.45, 2.75) is 39.0 Å². The summed E-state index contributed by atoms with van der Waals surface area (Å²) in [5.41, 5.74) is -0.0345. The number of ether oxygens (including phenoxy) is 1. The van der Waals surface area contributed by atoms with Gasteiger partial charge in [-0.15, -0.1) is 0 Å². The number of carbonyl (C=O) groups excluding carboxylic acids is 1. The van der Waals surface area contributed by atoms with Gasteiger partial charge < -0.3 is 14.9 Å². The van der Waals surface area contributed by atoms with Crippen LogP contribution < -0.4 is 0 Å². The topological polar surface area (TPSA) is 101 Å². The molecule has 6 heteroatoms. The highest BCUT2D eigenvalue weighted by Crippen LogP contribution is 2.16. The number of rotatable bonds is 10. The van der Waals surface area contributed by atoms with E-state index >= 15 is 0 Å². The van der Waals surface area contributed by atoms with Crippen molar-refractivity contribution in [1.82, 2.24) is 0 Å². The fourth-order valence-electron chi connectivity index (χ4n) is 2.23. The molecule has 23 heavy (non-hydrogen) atoms. The van der Waals surface area contributed by atoms with Gasteiger partial charge in [-0.05, 0) is 30.9 Å². The number of esters is 1. The number of unbranched alkanes of at least 4 members (excludes halogenated alkanes) is 1. The van der Waals surface area contributed by atoms with E-state index in [1.165, 1.54) is 12.1 Å². The quantitative estimate of drug-likeness (QED) is 0.506. The molecule has 1 aromatic carbocycles. The molecular formula is C17H22O6. The zero-order valence-electron chi connectivity index (χ0n) is 13.2. The Morgan fingerprint density at radius 1 is 1.09 bits per heavy atom. The molecule has 0 spiro atoms. The zero-order valence-corrected chi connectivity index (χ0v) is 13.2. The Morgan fingerprint density at radius 2 is 1.74 bits per heavy atom. The Bertz CT molecular complexity index is 552. The highest BCUT2D eigenvalue weighted by atomic mass is 16.5. The Balaban J connectivity index is 2.50. The van der Waals surface area contributed by atoms with Gasteiger partial charge in [-0.1, -0.05) is 31.9 Å². The van der Waals surface area contributed by atoms with Crippen molar-refractivity contribution in [2.75, 3.05) is 6.61 Å². The number of benzene rings is 1. The molecule has 0 amide bonds. The van der Waals surface area contributed by atoms with Crippen LogP contribution in [0.4, 0.5) is 0 Å². The Kier molecular flexibility index (Phi) is 7.80. The average molecular weight is 322 g/mol. The molecule has 1 atom stereocenters. The lowest BCUT2D eigenvalue weighted by atomic mass is 9.99. The highest BCUT2D eigenvalue weighted by molar-refractivity contribution is 6.02. The van der Waals surface area contributed by atoms with Crippen molar-refractivity contribution >= 4 is 17.9 Å². The fraction of sp³-hybridized carbons (Fsp3) is 0.471. The normalized spacial score (nSPS) is 11.7. The molecule has 0 bridgehead atoms. The monoisotopic (exact) mass is 322 g/mol. The molecule has 1 unspecified atom stereocenters. The first-order valence-corrected chi connectivity index (χ1v) is 7.67. The van der Waals surface area contributed by atoms with Crippen LogP contribution in [0, 0.1) is 5.92 Å². The van der Waals surface area contributed by atoms with Gasteiger partial charge in [0.2, 0.25) is 0 Å². The van der Waals surface area contributed by atoms with E-state index < -0.39 is 17.9 Å². The van der Waals surface area contributed by atoms with Gasteiger partial charge in [0.15, 0.2) is 0 Å². The van der Waals surface area contributed by atoms with Crippen molar-refractivity contribution in [2.24, 2.45) is 5.92 Å². The highest BCUT2D eigenvalue weighted by Gasteiger charge is 2.18. The lowest BCUT2D eigenvalue weighted by Gasteiger charge is -2.15. The molecule has 0 heterocycles. The summed E-state index contributed by atoms with van der Waals surface area (Å²) < 4.78 is 5.23. The minimum Gasteiger partial charge on any atom is -0.481 e. The Hall–Kier alpha value is -2.37. The second-order valence-electron chi connectivity index (χ2n) is 5.36. The molecule has 6 nitrogen and oxygen atoms in total. The number of carboxylic acid groups (broad SMARTS) is 2. The standard InChI is InChI=1S/C17H22O6/c1-2-12(7-3-6-10-15(18)19)11-23-17(22)14-9-5-4-8-13(14)16(20)21/h4-5,8-9,12H,2-3,6-7,10-11H2,1H3,(H,18,19)(H,20,21). The molecule has 0 aliphatic rings. The number of aromatic carboxylic acids is 1. The first kappa shape index (κ1) is 18.7. The maximum atomic E-state index is 12.0. The van der Waals surface area contributed by atoms with Crippen LogP contribution in [0.15, 0.2) is 24.3 Å². The fourth-order valence-corrected chi connectivity index (χ4v) is 2.23. The Labute approximate surface area is 135 Å². The van der Waals surface area contributed by atoms with E-state index in [0.717, 1.165) is 19.3 Å². The number of hydrogen-bond donors (Lipinski definition) is 2. The zero-order chi connectivity index (χ0) is 17.2. The second-order valence-corrected chi connectivity index (χ2v) is 5.36. The van der Waals surface area contributed by atoms with Crippen LogP contribution in [0.5, 0.6) is 0 Å². The number of hydrogen-bond acceptors (Lipinski definition) is 4. The smallest absolute Gasteiger partial charge is 0.339 e. The van der Waals surface area contributed by atoms with Crippen molar-refractivity contribution < 1.29 is 29.3 Å². The molecule has 0 radical (unpaired) electrons. The van der Waals surface area contributed by atoms with E-state index in [0.29, 0.717) is 6.42 Å². The van der Waals surface area contributed by atoms with Gasteiger partial charge in [-0.2, -0.15) is 0 Å². The molecule has 0 aliphatic heterocycles. The second kappa shape index (κ2) is 9.61. The van der Waals surface area contributed by atoms with Crippen LogP contribution in [0.1, 0.15) is 59.7 Å². The first-order chi connectivity index (χ1) is 11.0. The largest absolute Gasteiger partial charge is 0.481 e. The summed E-state index contributed by atoms with van der Waals surface area (Å²) in [6.45, 7) is 2.18. The van der Waals surface area contributed by atoms with Crippen molar-refractivity contribution in [1.29, 1.82) is 0 Å². The van der Waals surface area contributed by atoms with Gasteiger partial charge in [-0.25, -0.2) is 9.59 Å². The van der Waals surface area contributed by atoms with Gasteiger partial charge >= 0.3 is 17.9 Å². The van der Waals surface area contributed by atoms with E-state index in [2.05, 4.69) is 0 Å². The maximum absolute atomic E-state index is 12.0. The first-order valence-electron chi connectivity index (χ1n) is 7.67. The lowest BCUT2D eigenvalue weighted by molar-refractivity contribution is -0.137. The summed E-state index contributed by atoms with van der Waals surface area (Å²) in [7, 11) is 0. The summed E-state index contributed by atoms with van der Waals surface area (Å²) in [5, 5.41) is 17.7. The van der Waals surface area contributed by atoms with Crippen LogP contribution in [-0.4, -0.2) is 34.7 Å². The van der Waals surface area contributed by atoms with Gasteiger partial charge in [0.1, 0.15) is 0 Å². The minimum atomic E-state index is -1.17. The van der Waals surface area contributed by atoms with Crippen LogP contribution >= 0.6 is 0 Å². The molecule has 126 valence electrons. The SMILES string of the molecule is CCC(CCCCC(=O)O)COC(=O)c1ccccc1C(=O)O. The molecule has 0 fully saturated rings. The van der Waals surface area contributed by atoms with E-state index in [-0.39, 0.29) is 30.1 Å². The molecule has 0 saturated heterocycles. The predicted octanol–water partition coefficient (Wildman–Crippen LogP) is 3.21. The van der Waals surface area contributed by atoms with Crippen molar-refractivity contribution in [3.8, 4) is 0 Å². The van der Waals surface area contributed by atoms with Gasteiger partial charge in [0, 0.05) is 6.42 Å². The van der Waals surface area contributed by atoms with Crippen LogP contribution in [-0.2, 0) is 9.53 Å². The van der Waals surface area contributed by atoms with Crippen molar-refractivity contribution in [3.63, 3.8) is 0 Å². The third kappa shape index (κ3) is 6.50. The molecule has 1 aromatic rings. The summed E-state index contributed by atoms with van der Waals surface area (Å²) >= 11 is 0. The average Bonchev–Trinajstić information content (AvgIpc) is 2.53. The van der Waals surface area contributed by atoms with Crippen LogP contribution in [0.2, 0.25) is 0 Å². The molecule has 0 saturated carbocycles. The van der Waals surface area contributed by atoms with Gasteiger partial charge in [0.25, 0.3) is 0 Å². The van der Waals surface area contributed by atoms with E-state index in [1.807, 2.05) is 6.92 Å². The maximum Gasteiger partial charge on any atom is 0.339 e. The third-order valence-electron chi connectivity index (χ3n) is 3.66. The van der Waals surface area contributed by atoms with Crippen LogP contribution in [0.25, 0.3) is 0 Å². The summed E-state index contributed by atoms with van der Waals surface area (Å²) in [6, 6.07) is 5.94. The number of carboxylic acids is 2. The van der Waals surface area contributed by atoms with E-state index in [4.69, 9.17) is 14.9 Å². The van der Waals surface area contributed by atoms with Gasteiger partial charge in [-0.3, -0.25) is 4.79 Å². The molecule has 0 aliphatic carbocycles. The lowest BCUT2D eigenvalue weighted by Crippen LogP contribution is -2.16.